The minimum absolute atomic E-state index is 0.0366. The Bertz CT molecular complexity index is 1520. The molecule has 2 fully saturated rings. The maximum atomic E-state index is 13.9. The van der Waals surface area contributed by atoms with E-state index in [1.54, 1.807) is 11.1 Å². The summed E-state index contributed by atoms with van der Waals surface area (Å²) in [6, 6.07) is 11.3. The largest absolute Gasteiger partial charge is 0.445 e. The molecule has 2 aliphatic heterocycles. The zero-order valence-electron chi connectivity index (χ0n) is 22.5. The molecule has 0 aliphatic carbocycles. The highest BCUT2D eigenvalue weighted by molar-refractivity contribution is 6.13. The number of ether oxygens (including phenoxy) is 1. The van der Waals surface area contributed by atoms with Crippen LogP contribution in [-0.4, -0.2) is 67.3 Å². The van der Waals surface area contributed by atoms with Crippen LogP contribution >= 0.6 is 0 Å². The second kappa shape index (κ2) is 11.7. The van der Waals surface area contributed by atoms with E-state index in [9.17, 15) is 18.4 Å². The lowest BCUT2D eigenvalue weighted by molar-refractivity contribution is 0.0868. The Balaban J connectivity index is 1.16. The van der Waals surface area contributed by atoms with Crippen LogP contribution in [0.2, 0.25) is 0 Å². The lowest BCUT2D eigenvalue weighted by Gasteiger charge is -2.31. The number of likely N-dealkylation sites (tertiary alicyclic amines) is 1. The molecule has 0 unspecified atom stereocenters. The van der Waals surface area contributed by atoms with E-state index in [1.807, 2.05) is 36.4 Å². The molecule has 1 N–H and O–H groups in total. The van der Waals surface area contributed by atoms with Crippen LogP contribution in [0.15, 0.2) is 55.0 Å². The van der Waals surface area contributed by atoms with E-state index in [0.717, 1.165) is 37.2 Å². The smallest absolute Gasteiger partial charge is 0.410 e. The number of amides is 1. The molecule has 0 bridgehead atoms. The van der Waals surface area contributed by atoms with Crippen LogP contribution in [0.25, 0.3) is 5.65 Å². The molecule has 4 aromatic rings. The molecule has 2 saturated heterocycles. The summed E-state index contributed by atoms with van der Waals surface area (Å²) in [7, 11) is 0. The van der Waals surface area contributed by atoms with E-state index in [4.69, 9.17) is 9.72 Å². The summed E-state index contributed by atoms with van der Waals surface area (Å²) < 4.78 is 36.3. The first-order valence-corrected chi connectivity index (χ1v) is 13.9. The Morgan fingerprint density at radius 3 is 2.51 bits per heavy atom. The Morgan fingerprint density at radius 2 is 1.78 bits per heavy atom. The second-order valence-corrected chi connectivity index (χ2v) is 10.5. The van der Waals surface area contributed by atoms with Crippen LogP contribution in [0.1, 0.15) is 76.9 Å². The third-order valence-corrected chi connectivity index (χ3v) is 7.91. The molecule has 6 rings (SSSR count). The van der Waals surface area contributed by atoms with Gasteiger partial charge in [0.15, 0.2) is 5.65 Å². The third-order valence-electron chi connectivity index (χ3n) is 7.91. The predicted octanol–water partition coefficient (Wildman–Crippen LogP) is 4.54. The molecule has 0 radical (unpaired) electrons. The number of carbonyl (C=O) groups is 2. The lowest BCUT2D eigenvalue weighted by Crippen LogP contribution is -2.38. The van der Waals surface area contributed by atoms with Gasteiger partial charge in [0.05, 0.1) is 23.4 Å². The molecule has 1 aromatic carbocycles. The van der Waals surface area contributed by atoms with Crippen molar-refractivity contribution in [2.75, 3.05) is 26.2 Å². The van der Waals surface area contributed by atoms with Gasteiger partial charge < -0.3 is 15.0 Å². The molecule has 41 heavy (non-hydrogen) atoms. The van der Waals surface area contributed by atoms with Gasteiger partial charge in [-0.25, -0.2) is 23.1 Å². The second-order valence-electron chi connectivity index (χ2n) is 10.5. The molecule has 2 aliphatic rings. The van der Waals surface area contributed by atoms with Gasteiger partial charge in [0, 0.05) is 37.1 Å². The molecule has 0 spiro atoms. The van der Waals surface area contributed by atoms with Crippen LogP contribution in [0.4, 0.5) is 13.6 Å². The Hall–Kier alpha value is -4.19. The van der Waals surface area contributed by atoms with Crippen molar-refractivity contribution < 1.29 is 23.1 Å². The average molecular weight is 564 g/mol. The monoisotopic (exact) mass is 563 g/mol. The fourth-order valence-electron chi connectivity index (χ4n) is 5.58. The zero-order valence-corrected chi connectivity index (χ0v) is 22.5. The lowest BCUT2D eigenvalue weighted by atomic mass is 9.93. The number of nitrogens with one attached hydrogen (secondary N) is 1. The molecule has 214 valence electrons. The summed E-state index contributed by atoms with van der Waals surface area (Å²) in [6.07, 6.45) is 4.18. The molecular weight excluding hydrogens is 532 g/mol. The quantitative estimate of drug-likeness (QED) is 0.329. The van der Waals surface area contributed by atoms with Crippen molar-refractivity contribution in [1.29, 1.82) is 0 Å². The molecular formula is C29H31F2N7O3. The number of carbonyl (C=O) groups excluding carboxylic acids is 2. The number of aromatic nitrogens is 5. The Morgan fingerprint density at radius 1 is 1.02 bits per heavy atom. The van der Waals surface area contributed by atoms with E-state index in [1.165, 1.54) is 21.6 Å². The molecule has 12 heteroatoms. The van der Waals surface area contributed by atoms with E-state index in [-0.39, 0.29) is 35.8 Å². The highest BCUT2D eigenvalue weighted by Gasteiger charge is 2.30. The maximum absolute atomic E-state index is 13.9. The first-order chi connectivity index (χ1) is 20.0. The average Bonchev–Trinajstić information content (AvgIpc) is 3.66. The van der Waals surface area contributed by atoms with Gasteiger partial charge in [-0.05, 0) is 50.4 Å². The molecule has 1 amide bonds. The van der Waals surface area contributed by atoms with Gasteiger partial charge in [-0.1, -0.05) is 30.3 Å². The summed E-state index contributed by atoms with van der Waals surface area (Å²) in [6.45, 7) is 2.80. The normalized spacial score (nSPS) is 16.9. The van der Waals surface area contributed by atoms with Crippen LogP contribution in [0, 0.1) is 0 Å². The maximum Gasteiger partial charge on any atom is 0.410 e. The number of alkyl halides is 2. The van der Waals surface area contributed by atoms with Gasteiger partial charge in [0.2, 0.25) is 5.78 Å². The molecule has 10 nitrogen and oxygen atoms in total. The summed E-state index contributed by atoms with van der Waals surface area (Å²) in [5.74, 6) is -0.508. The number of benzene rings is 1. The van der Waals surface area contributed by atoms with Crippen molar-refractivity contribution in [3.05, 3.63) is 83.1 Å². The Kier molecular flexibility index (Phi) is 7.73. The molecule has 3 aromatic heterocycles. The Labute approximate surface area is 235 Å². The highest BCUT2D eigenvalue weighted by atomic mass is 19.3. The summed E-state index contributed by atoms with van der Waals surface area (Å²) in [5, 5.41) is 11.6. The number of ketones is 1. The number of rotatable bonds is 7. The van der Waals surface area contributed by atoms with Crippen molar-refractivity contribution in [2.45, 2.75) is 50.7 Å². The van der Waals surface area contributed by atoms with Crippen LogP contribution in [-0.2, 0) is 11.3 Å². The number of halogens is 2. The van der Waals surface area contributed by atoms with E-state index in [2.05, 4.69) is 15.5 Å². The number of hydrogen-bond acceptors (Lipinski definition) is 7. The number of piperidine rings is 2. The van der Waals surface area contributed by atoms with Gasteiger partial charge in [0.25, 0.3) is 6.43 Å². The number of fused-ring (bicyclic) bond motifs is 1. The van der Waals surface area contributed by atoms with Crippen molar-refractivity contribution in [3.63, 3.8) is 0 Å². The first kappa shape index (κ1) is 27.0. The van der Waals surface area contributed by atoms with Gasteiger partial charge in [-0.3, -0.25) is 9.48 Å². The van der Waals surface area contributed by atoms with Crippen molar-refractivity contribution in [1.82, 2.24) is 34.6 Å². The minimum Gasteiger partial charge on any atom is -0.445 e. The molecule has 0 saturated carbocycles. The minimum atomic E-state index is -2.88. The van der Waals surface area contributed by atoms with E-state index in [0.29, 0.717) is 31.6 Å². The van der Waals surface area contributed by atoms with E-state index >= 15 is 0 Å². The topological polar surface area (TPSA) is 107 Å². The predicted molar refractivity (Wildman–Crippen MR) is 145 cm³/mol. The summed E-state index contributed by atoms with van der Waals surface area (Å²) >= 11 is 0. The SMILES string of the molecule is O=C(c1cn(C2CCNCC2)nc1C(F)F)c1cnn2ccc(C3CCN(C(=O)OCc4ccccc4)CC3)nc12. The third kappa shape index (κ3) is 5.69. The van der Waals surface area contributed by atoms with Crippen LogP contribution in [0.5, 0.6) is 0 Å². The number of nitrogens with zero attached hydrogens (tertiary/aromatic N) is 6. The standard InChI is InChI=1S/C29H31F2N7O3/c30-27(31)25-23(17-38(35-25)21-6-11-32-12-7-21)26(39)22-16-33-37-15-10-24(34-28(22)37)20-8-13-36(14-9-20)29(40)41-18-19-4-2-1-3-5-19/h1-5,10,15-17,20-21,27,32H,6-9,11-14,18H2. The van der Waals surface area contributed by atoms with Crippen molar-refractivity contribution in [3.8, 4) is 0 Å². The van der Waals surface area contributed by atoms with Crippen LogP contribution in [0.3, 0.4) is 0 Å². The zero-order chi connectivity index (χ0) is 28.3. The fourth-order valence-corrected chi connectivity index (χ4v) is 5.58. The van der Waals surface area contributed by atoms with Gasteiger partial charge >= 0.3 is 6.09 Å². The summed E-state index contributed by atoms with van der Waals surface area (Å²) in [4.78, 5) is 32.6. The van der Waals surface area contributed by atoms with Crippen LogP contribution < -0.4 is 5.32 Å². The molecule has 5 heterocycles. The van der Waals surface area contributed by atoms with Crippen molar-refractivity contribution in [2.24, 2.45) is 0 Å². The summed E-state index contributed by atoms with van der Waals surface area (Å²) in [5.41, 5.74) is 1.52. The molecule has 0 atom stereocenters. The fraction of sp³-hybridized carbons (Fsp3) is 0.414. The van der Waals surface area contributed by atoms with E-state index < -0.39 is 17.9 Å². The number of hydrogen-bond donors (Lipinski definition) is 1. The highest BCUT2D eigenvalue weighted by Crippen LogP contribution is 2.30. The van der Waals surface area contributed by atoms with Gasteiger partial charge in [-0.2, -0.15) is 10.2 Å². The van der Waals surface area contributed by atoms with Gasteiger partial charge in [-0.15, -0.1) is 0 Å². The van der Waals surface area contributed by atoms with Crippen molar-refractivity contribution >= 4 is 17.5 Å². The van der Waals surface area contributed by atoms with Gasteiger partial charge in [0.1, 0.15) is 12.3 Å². The first-order valence-electron chi connectivity index (χ1n) is 13.9.